The second kappa shape index (κ2) is 6.62. The van der Waals surface area contributed by atoms with Crippen LogP contribution in [0.3, 0.4) is 0 Å². The number of furan rings is 1. The Kier molecular flexibility index (Phi) is 5.06. The lowest BCUT2D eigenvalue weighted by Gasteiger charge is -2.36. The van der Waals surface area contributed by atoms with Crippen molar-refractivity contribution in [1.29, 1.82) is 0 Å². The summed E-state index contributed by atoms with van der Waals surface area (Å²) in [6.45, 7) is 11.3. The number of aryl methyl sites for hydroxylation is 2. The van der Waals surface area contributed by atoms with Gasteiger partial charge >= 0.3 is 0 Å². The second-order valence-corrected chi connectivity index (χ2v) is 6.07. The van der Waals surface area contributed by atoms with Crippen molar-refractivity contribution in [3.8, 4) is 0 Å². The van der Waals surface area contributed by atoms with E-state index in [4.69, 9.17) is 4.42 Å². The van der Waals surface area contributed by atoms with E-state index in [9.17, 15) is 9.90 Å². The van der Waals surface area contributed by atoms with Gasteiger partial charge in [-0.25, -0.2) is 0 Å². The summed E-state index contributed by atoms with van der Waals surface area (Å²) in [6, 6.07) is 1.96. The summed E-state index contributed by atoms with van der Waals surface area (Å²) >= 11 is 0. The van der Waals surface area contributed by atoms with Crippen LogP contribution >= 0.6 is 0 Å². The molecule has 1 aliphatic heterocycles. The molecule has 0 spiro atoms. The Labute approximate surface area is 126 Å². The molecule has 1 aromatic rings. The number of aliphatic hydroxyl groups is 1. The molecule has 1 fully saturated rings. The topological polar surface area (TPSA) is 56.9 Å². The van der Waals surface area contributed by atoms with Gasteiger partial charge in [0.1, 0.15) is 11.5 Å². The Morgan fingerprint density at radius 3 is 2.38 bits per heavy atom. The van der Waals surface area contributed by atoms with Crippen LogP contribution in [0.2, 0.25) is 0 Å². The zero-order valence-electron chi connectivity index (χ0n) is 13.4. The molecule has 21 heavy (non-hydrogen) atoms. The second-order valence-electron chi connectivity index (χ2n) is 6.07. The van der Waals surface area contributed by atoms with Gasteiger partial charge in [0.25, 0.3) is 0 Å². The first-order chi connectivity index (χ1) is 9.88. The summed E-state index contributed by atoms with van der Waals surface area (Å²) in [5.74, 6) is 1.69. The van der Waals surface area contributed by atoms with Gasteiger partial charge in [-0.3, -0.25) is 9.69 Å². The van der Waals surface area contributed by atoms with Crippen LogP contribution in [0.4, 0.5) is 0 Å². The summed E-state index contributed by atoms with van der Waals surface area (Å²) < 4.78 is 5.53. The number of hydrogen-bond donors (Lipinski definition) is 1. The summed E-state index contributed by atoms with van der Waals surface area (Å²) in [4.78, 5) is 16.7. The average Bonchev–Trinajstić information content (AvgIpc) is 2.76. The maximum atomic E-state index is 12.6. The molecule has 1 aromatic heterocycles. The highest BCUT2D eigenvalue weighted by Crippen LogP contribution is 2.25. The number of carbonyl (C=O) groups is 1. The fraction of sp³-hybridized carbons (Fsp3) is 0.688. The van der Waals surface area contributed by atoms with Gasteiger partial charge in [0.05, 0.1) is 12.0 Å². The summed E-state index contributed by atoms with van der Waals surface area (Å²) in [7, 11) is 0. The van der Waals surface area contributed by atoms with Crippen LogP contribution in [-0.4, -0.2) is 59.6 Å². The van der Waals surface area contributed by atoms with E-state index >= 15 is 0 Å². The highest BCUT2D eigenvalue weighted by molar-refractivity contribution is 5.83. The first kappa shape index (κ1) is 16.0. The van der Waals surface area contributed by atoms with Crippen molar-refractivity contribution in [2.45, 2.75) is 39.7 Å². The number of amides is 1. The van der Waals surface area contributed by atoms with Crippen LogP contribution in [-0.2, 0) is 4.79 Å². The fourth-order valence-electron chi connectivity index (χ4n) is 3.01. The summed E-state index contributed by atoms with van der Waals surface area (Å²) in [6.07, 6.45) is -0.317. The van der Waals surface area contributed by atoms with E-state index in [1.807, 2.05) is 31.7 Å². The molecule has 0 aromatic carbocycles. The monoisotopic (exact) mass is 294 g/mol. The number of carbonyl (C=O) groups excluding carboxylic acids is 1. The molecule has 0 saturated carbocycles. The molecule has 1 amide bonds. The van der Waals surface area contributed by atoms with Gasteiger partial charge in [-0.15, -0.1) is 0 Å². The minimum absolute atomic E-state index is 0.161. The van der Waals surface area contributed by atoms with Crippen molar-refractivity contribution in [3.63, 3.8) is 0 Å². The van der Waals surface area contributed by atoms with Gasteiger partial charge in [-0.1, -0.05) is 0 Å². The van der Waals surface area contributed by atoms with Crippen LogP contribution in [0, 0.1) is 13.8 Å². The van der Waals surface area contributed by atoms with Gasteiger partial charge in [0, 0.05) is 38.3 Å². The van der Waals surface area contributed by atoms with Crippen LogP contribution in [0.5, 0.6) is 0 Å². The third-order valence-electron chi connectivity index (χ3n) is 4.12. The molecule has 2 heterocycles. The quantitative estimate of drug-likeness (QED) is 0.915. The van der Waals surface area contributed by atoms with Crippen LogP contribution < -0.4 is 0 Å². The predicted octanol–water partition coefficient (Wildman–Crippen LogP) is 1.52. The van der Waals surface area contributed by atoms with Crippen molar-refractivity contribution < 1.29 is 14.3 Å². The van der Waals surface area contributed by atoms with Crippen molar-refractivity contribution in [2.75, 3.05) is 32.7 Å². The largest absolute Gasteiger partial charge is 0.466 e. The van der Waals surface area contributed by atoms with E-state index in [1.165, 1.54) is 0 Å². The van der Waals surface area contributed by atoms with Crippen molar-refractivity contribution in [2.24, 2.45) is 0 Å². The highest BCUT2D eigenvalue weighted by atomic mass is 16.3. The van der Waals surface area contributed by atoms with E-state index in [0.717, 1.165) is 43.3 Å². The molecule has 1 N–H and O–H groups in total. The Hall–Kier alpha value is -1.33. The van der Waals surface area contributed by atoms with Crippen molar-refractivity contribution in [1.82, 2.24) is 9.80 Å². The Balaban J connectivity index is 1.94. The molecule has 118 valence electrons. The Bertz CT molecular complexity index is 488. The molecule has 0 radical (unpaired) electrons. The van der Waals surface area contributed by atoms with E-state index in [1.54, 1.807) is 6.92 Å². The van der Waals surface area contributed by atoms with E-state index < -0.39 is 0 Å². The van der Waals surface area contributed by atoms with E-state index in [0.29, 0.717) is 6.54 Å². The molecular formula is C16H26N2O3. The molecule has 1 aliphatic rings. The Morgan fingerprint density at radius 2 is 1.90 bits per heavy atom. The normalized spacial score (nSPS) is 19.6. The molecule has 5 nitrogen and oxygen atoms in total. The smallest absolute Gasteiger partial charge is 0.230 e. The molecular weight excluding hydrogens is 268 g/mol. The Morgan fingerprint density at radius 1 is 1.29 bits per heavy atom. The summed E-state index contributed by atoms with van der Waals surface area (Å²) in [5.41, 5.74) is 0.990. The number of aliphatic hydroxyl groups excluding tert-OH is 1. The molecule has 0 bridgehead atoms. The third kappa shape index (κ3) is 3.86. The standard InChI is InChI=1S/C16H26N2O3/c1-11(19)10-17-5-7-18(8-6-17)16(20)13(3)15-9-12(2)21-14(15)4/h9,11,13,19H,5-8,10H2,1-4H3/t11-,13+/m1/s1. The minimum atomic E-state index is -0.317. The van der Waals surface area contributed by atoms with Gasteiger partial charge in [-0.2, -0.15) is 0 Å². The molecule has 2 rings (SSSR count). The molecule has 2 atom stereocenters. The molecule has 0 aliphatic carbocycles. The van der Waals surface area contributed by atoms with Crippen molar-refractivity contribution >= 4 is 5.91 Å². The molecule has 0 unspecified atom stereocenters. The lowest BCUT2D eigenvalue weighted by Crippen LogP contribution is -2.51. The predicted molar refractivity (Wildman–Crippen MR) is 81.3 cm³/mol. The van der Waals surface area contributed by atoms with Crippen LogP contribution in [0.15, 0.2) is 10.5 Å². The number of rotatable bonds is 4. The lowest BCUT2D eigenvalue weighted by atomic mass is 9.99. The average molecular weight is 294 g/mol. The number of piperazine rings is 1. The maximum absolute atomic E-state index is 12.6. The zero-order valence-corrected chi connectivity index (χ0v) is 13.4. The van der Waals surface area contributed by atoms with E-state index in [2.05, 4.69) is 4.90 Å². The number of nitrogens with zero attached hydrogens (tertiary/aromatic N) is 2. The van der Waals surface area contributed by atoms with Gasteiger partial charge in [0.15, 0.2) is 0 Å². The SMILES string of the molecule is Cc1cc([C@H](C)C(=O)N2CCN(C[C@@H](C)O)CC2)c(C)o1. The lowest BCUT2D eigenvalue weighted by molar-refractivity contribution is -0.134. The fourth-order valence-corrected chi connectivity index (χ4v) is 3.01. The number of hydrogen-bond acceptors (Lipinski definition) is 4. The number of β-amino-alcohol motifs (C(OH)–C–C–N with tert-alkyl or cyclic N) is 1. The van der Waals surface area contributed by atoms with Gasteiger partial charge in [0.2, 0.25) is 5.91 Å². The van der Waals surface area contributed by atoms with Gasteiger partial charge in [-0.05, 0) is 33.8 Å². The van der Waals surface area contributed by atoms with E-state index in [-0.39, 0.29) is 17.9 Å². The van der Waals surface area contributed by atoms with Crippen molar-refractivity contribution in [3.05, 3.63) is 23.2 Å². The molecule has 1 saturated heterocycles. The zero-order chi connectivity index (χ0) is 15.6. The van der Waals surface area contributed by atoms with Crippen LogP contribution in [0.25, 0.3) is 0 Å². The third-order valence-corrected chi connectivity index (χ3v) is 4.12. The minimum Gasteiger partial charge on any atom is -0.466 e. The molecule has 5 heteroatoms. The first-order valence-electron chi connectivity index (χ1n) is 7.64. The first-order valence-corrected chi connectivity index (χ1v) is 7.64. The summed E-state index contributed by atoms with van der Waals surface area (Å²) in [5, 5.41) is 9.42. The van der Waals surface area contributed by atoms with Crippen LogP contribution in [0.1, 0.15) is 36.8 Å². The highest BCUT2D eigenvalue weighted by Gasteiger charge is 2.27. The maximum Gasteiger partial charge on any atom is 0.230 e. The van der Waals surface area contributed by atoms with Gasteiger partial charge < -0.3 is 14.4 Å².